The molecule has 0 N–H and O–H groups in total. The zero-order chi connectivity index (χ0) is 35.2. The van der Waals surface area contributed by atoms with Crippen molar-refractivity contribution in [2.24, 2.45) is 4.99 Å². The molecule has 0 amide bonds. The highest BCUT2D eigenvalue weighted by atomic mass is 31.2. The fourth-order valence-corrected chi connectivity index (χ4v) is 6.82. The molecule has 1 aliphatic heterocycles. The lowest BCUT2D eigenvalue weighted by Gasteiger charge is -2.33. The molecule has 8 nitrogen and oxygen atoms in total. The minimum Gasteiger partial charge on any atom is -0.489 e. The van der Waals surface area contributed by atoms with Crippen molar-refractivity contribution in [3.05, 3.63) is 95.1 Å². The highest BCUT2D eigenvalue weighted by Crippen LogP contribution is 2.56. The Bertz CT molecular complexity index is 1580. The highest BCUT2D eigenvalue weighted by Gasteiger charge is 2.43. The van der Waals surface area contributed by atoms with E-state index in [9.17, 15) is 17.7 Å². The van der Waals surface area contributed by atoms with Gasteiger partial charge in [-0.15, -0.1) is 0 Å². The van der Waals surface area contributed by atoms with Crippen molar-refractivity contribution in [3.8, 4) is 11.5 Å². The maximum Gasteiger partial charge on any atom is 0.475 e. The van der Waals surface area contributed by atoms with Crippen molar-refractivity contribution in [2.45, 2.75) is 97.4 Å². The van der Waals surface area contributed by atoms with Crippen molar-refractivity contribution >= 4 is 13.7 Å². The fourth-order valence-electron chi connectivity index (χ4n) is 4.94. The first-order chi connectivity index (χ1) is 22.3. The summed E-state index contributed by atoms with van der Waals surface area (Å²) in [5.41, 5.74) is -1.48. The van der Waals surface area contributed by atoms with Gasteiger partial charge in [-0.3, -0.25) is 13.6 Å². The number of hydrogen-bond donors (Lipinski definition) is 0. The Hall–Kier alpha value is -3.37. The molecule has 1 unspecified atom stereocenters. The molecular formula is C36H45F3NO7P. The van der Waals surface area contributed by atoms with Crippen molar-refractivity contribution in [2.75, 3.05) is 13.2 Å². The Balaban J connectivity index is 1.45. The number of benzene rings is 3. The van der Waals surface area contributed by atoms with E-state index in [1.165, 1.54) is 6.07 Å². The Morgan fingerprint density at radius 1 is 0.812 bits per heavy atom. The molecule has 0 fully saturated rings. The summed E-state index contributed by atoms with van der Waals surface area (Å²) in [5, 5.41) is 0. The minimum absolute atomic E-state index is 0.0793. The predicted octanol–water partition coefficient (Wildman–Crippen LogP) is 9.74. The quantitative estimate of drug-likeness (QED) is 0.156. The van der Waals surface area contributed by atoms with Crippen LogP contribution < -0.4 is 9.47 Å². The third-order valence-electron chi connectivity index (χ3n) is 6.98. The molecule has 0 aromatic heterocycles. The third-order valence-corrected chi connectivity index (χ3v) is 8.96. The van der Waals surface area contributed by atoms with Gasteiger partial charge in [0.05, 0.1) is 23.4 Å². The second-order valence-corrected chi connectivity index (χ2v) is 15.3. The smallest absolute Gasteiger partial charge is 0.475 e. The first-order valence-electron chi connectivity index (χ1n) is 15.8. The van der Waals surface area contributed by atoms with Gasteiger partial charge in [0.15, 0.2) is 5.90 Å². The number of aliphatic imine (C=N–C) groups is 1. The van der Waals surface area contributed by atoms with Crippen molar-refractivity contribution < 1.29 is 45.5 Å². The van der Waals surface area contributed by atoms with E-state index in [4.69, 9.17) is 27.8 Å². The van der Waals surface area contributed by atoms with E-state index < -0.39 is 36.3 Å². The van der Waals surface area contributed by atoms with Crippen molar-refractivity contribution in [3.63, 3.8) is 0 Å². The number of rotatable bonds is 14. The van der Waals surface area contributed by atoms with Gasteiger partial charge in [0, 0.05) is 6.92 Å². The standard InChI is InChI=1S/C36H45F3NO7P/c1-26-40-35(24-44-26,25-45-48(41,46-33(2,3)4)47-34(5,6)7)19-18-27-16-17-32(31(21-27)36(37,38)39)43-23-29-14-11-15-30(20-29)42-22-28-12-9-8-10-13-28/h8-17,20-21H,18-19,22-25H2,1-7H3. The monoisotopic (exact) mass is 691 g/mol. The van der Waals surface area contributed by atoms with Crippen LogP contribution in [0.5, 0.6) is 11.5 Å². The van der Waals surface area contributed by atoms with Crippen LogP contribution in [0.25, 0.3) is 0 Å². The summed E-state index contributed by atoms with van der Waals surface area (Å²) < 4.78 is 90.9. The maximum atomic E-state index is 14.2. The molecule has 4 rings (SSSR count). The van der Waals surface area contributed by atoms with Crippen LogP contribution in [0.15, 0.2) is 77.8 Å². The summed E-state index contributed by atoms with van der Waals surface area (Å²) in [6, 6.07) is 20.7. The van der Waals surface area contributed by atoms with Gasteiger partial charge in [0.2, 0.25) is 0 Å². The van der Waals surface area contributed by atoms with Gasteiger partial charge in [-0.25, -0.2) is 9.56 Å². The van der Waals surface area contributed by atoms with Crippen LogP contribution >= 0.6 is 7.82 Å². The molecule has 48 heavy (non-hydrogen) atoms. The van der Waals surface area contributed by atoms with Crippen LogP contribution in [0.4, 0.5) is 13.2 Å². The van der Waals surface area contributed by atoms with E-state index in [2.05, 4.69) is 4.99 Å². The summed E-state index contributed by atoms with van der Waals surface area (Å²) in [4.78, 5) is 4.60. The Morgan fingerprint density at radius 2 is 1.46 bits per heavy atom. The zero-order valence-electron chi connectivity index (χ0n) is 28.6. The SMILES string of the molecule is CC1=NC(CCc2ccc(OCc3cccc(OCc4ccccc4)c3)c(C(F)(F)F)c2)(COP(=O)(OC(C)(C)C)OC(C)(C)C)CO1. The van der Waals surface area contributed by atoms with E-state index in [1.54, 1.807) is 78.8 Å². The second-order valence-electron chi connectivity index (χ2n) is 13.8. The van der Waals surface area contributed by atoms with Gasteiger partial charge in [0.1, 0.15) is 36.9 Å². The molecule has 12 heteroatoms. The van der Waals surface area contributed by atoms with Crippen LogP contribution in [-0.4, -0.2) is 35.9 Å². The Morgan fingerprint density at radius 3 is 2.06 bits per heavy atom. The van der Waals surface area contributed by atoms with Gasteiger partial charge in [-0.2, -0.15) is 13.2 Å². The molecule has 3 aromatic carbocycles. The molecule has 3 aromatic rings. The van der Waals surface area contributed by atoms with Crippen LogP contribution in [0.3, 0.4) is 0 Å². The van der Waals surface area contributed by atoms with E-state index in [0.29, 0.717) is 29.4 Å². The zero-order valence-corrected chi connectivity index (χ0v) is 29.5. The number of ether oxygens (including phenoxy) is 3. The number of aryl methyl sites for hydroxylation is 1. The Kier molecular flexibility index (Phi) is 11.7. The molecule has 0 saturated heterocycles. The molecule has 0 spiro atoms. The first-order valence-corrected chi connectivity index (χ1v) is 17.2. The number of phosphoric acid groups is 1. The van der Waals surface area contributed by atoms with Crippen LogP contribution in [-0.2, 0) is 48.7 Å². The molecule has 0 radical (unpaired) electrons. The second kappa shape index (κ2) is 15.0. The summed E-state index contributed by atoms with van der Waals surface area (Å²) in [5.74, 6) is 0.707. The molecular weight excluding hydrogens is 646 g/mol. The van der Waals surface area contributed by atoms with Crippen LogP contribution in [0, 0.1) is 0 Å². The summed E-state index contributed by atoms with van der Waals surface area (Å²) in [6.45, 7) is 12.3. The van der Waals surface area contributed by atoms with E-state index in [1.807, 2.05) is 30.3 Å². The highest BCUT2D eigenvalue weighted by molar-refractivity contribution is 7.48. The largest absolute Gasteiger partial charge is 0.489 e. The van der Waals surface area contributed by atoms with Gasteiger partial charge >= 0.3 is 14.0 Å². The topological polar surface area (TPSA) is 84.8 Å². The number of halogens is 3. The molecule has 0 aliphatic carbocycles. The predicted molar refractivity (Wildman–Crippen MR) is 178 cm³/mol. The Labute approximate surface area is 281 Å². The minimum atomic E-state index is -4.65. The van der Waals surface area contributed by atoms with E-state index in [0.717, 1.165) is 11.6 Å². The van der Waals surface area contributed by atoms with Crippen molar-refractivity contribution in [1.29, 1.82) is 0 Å². The fraction of sp³-hybridized carbons (Fsp3) is 0.472. The van der Waals surface area contributed by atoms with E-state index >= 15 is 0 Å². The lowest BCUT2D eigenvalue weighted by molar-refractivity contribution is -0.139. The van der Waals surface area contributed by atoms with Crippen LogP contribution in [0.1, 0.15) is 77.1 Å². The molecule has 1 aliphatic rings. The molecule has 1 atom stereocenters. The van der Waals surface area contributed by atoms with E-state index in [-0.39, 0.29) is 38.4 Å². The average Bonchev–Trinajstić information content (AvgIpc) is 3.36. The van der Waals surface area contributed by atoms with Gasteiger partial charge in [-0.1, -0.05) is 48.5 Å². The van der Waals surface area contributed by atoms with Gasteiger partial charge in [-0.05, 0) is 95.3 Å². The van der Waals surface area contributed by atoms with Gasteiger partial charge < -0.3 is 14.2 Å². The molecule has 1 heterocycles. The lowest BCUT2D eigenvalue weighted by Crippen LogP contribution is -2.36. The van der Waals surface area contributed by atoms with Gasteiger partial charge in [0.25, 0.3) is 0 Å². The molecule has 0 bridgehead atoms. The molecule has 0 saturated carbocycles. The number of phosphoric ester groups is 1. The molecule has 262 valence electrons. The summed E-state index contributed by atoms with van der Waals surface area (Å²) in [7, 11) is -4.06. The average molecular weight is 692 g/mol. The first kappa shape index (κ1) is 37.4. The number of nitrogens with zero attached hydrogens (tertiary/aromatic N) is 1. The van der Waals surface area contributed by atoms with Crippen LogP contribution in [0.2, 0.25) is 0 Å². The summed E-state index contributed by atoms with van der Waals surface area (Å²) >= 11 is 0. The lowest BCUT2D eigenvalue weighted by atomic mass is 9.93. The number of hydrogen-bond acceptors (Lipinski definition) is 8. The normalized spacial score (nSPS) is 17.2. The van der Waals surface area contributed by atoms with Crippen molar-refractivity contribution in [1.82, 2.24) is 0 Å². The maximum absolute atomic E-state index is 14.2. The number of alkyl halides is 3. The summed E-state index contributed by atoms with van der Waals surface area (Å²) in [6.07, 6.45) is -4.19. The third kappa shape index (κ3) is 11.7.